The van der Waals surface area contributed by atoms with Crippen LogP contribution in [0.1, 0.15) is 32.8 Å². The molecule has 10 nitrogen and oxygen atoms in total. The lowest BCUT2D eigenvalue weighted by molar-refractivity contribution is -0.154. The van der Waals surface area contributed by atoms with Crippen LogP contribution in [0.25, 0.3) is 0 Å². The van der Waals surface area contributed by atoms with E-state index in [1.54, 1.807) is 38.1 Å². The molecule has 1 aliphatic heterocycles. The SMILES string of the molecule is CCC(C)(C)C(=O)OCCNC(=O)OCCN1C(=O)NC(=O)C(Cc2ccccc2)C1=O. The van der Waals surface area contributed by atoms with Gasteiger partial charge < -0.3 is 14.8 Å². The number of imide groups is 2. The quantitative estimate of drug-likeness (QED) is 0.317. The van der Waals surface area contributed by atoms with Gasteiger partial charge in [-0.05, 0) is 32.3 Å². The molecule has 1 heterocycles. The average molecular weight is 447 g/mol. The molecule has 1 atom stereocenters. The number of hydrogen-bond donors (Lipinski definition) is 2. The van der Waals surface area contributed by atoms with Crippen LogP contribution in [0.5, 0.6) is 0 Å². The third kappa shape index (κ3) is 6.79. The fraction of sp³-hybridized carbons (Fsp3) is 0.500. The van der Waals surface area contributed by atoms with E-state index in [1.807, 2.05) is 13.0 Å². The van der Waals surface area contributed by atoms with Crippen molar-refractivity contribution in [3.05, 3.63) is 35.9 Å². The summed E-state index contributed by atoms with van der Waals surface area (Å²) in [6.45, 7) is 5.02. The normalized spacial score (nSPS) is 16.4. The number of nitrogens with zero attached hydrogens (tertiary/aromatic N) is 1. The van der Waals surface area contributed by atoms with Gasteiger partial charge in [-0.3, -0.25) is 24.6 Å². The number of alkyl carbamates (subject to hydrolysis) is 1. The predicted octanol–water partition coefficient (Wildman–Crippen LogP) is 1.63. The van der Waals surface area contributed by atoms with Gasteiger partial charge in [0.15, 0.2) is 0 Å². The molecular formula is C22H29N3O7. The van der Waals surface area contributed by atoms with E-state index in [-0.39, 0.29) is 38.7 Å². The van der Waals surface area contributed by atoms with Gasteiger partial charge in [-0.2, -0.15) is 0 Å². The number of barbiturate groups is 1. The van der Waals surface area contributed by atoms with Crippen molar-refractivity contribution in [2.24, 2.45) is 11.3 Å². The number of nitrogens with one attached hydrogen (secondary N) is 2. The Balaban J connectivity index is 1.75. The molecule has 0 saturated carbocycles. The van der Waals surface area contributed by atoms with Crippen LogP contribution >= 0.6 is 0 Å². The second-order valence-electron chi connectivity index (χ2n) is 7.96. The van der Waals surface area contributed by atoms with Gasteiger partial charge in [0.05, 0.1) is 18.5 Å². The maximum atomic E-state index is 12.6. The van der Waals surface area contributed by atoms with Crippen molar-refractivity contribution in [1.82, 2.24) is 15.5 Å². The van der Waals surface area contributed by atoms with Crippen LogP contribution in [0, 0.1) is 11.3 Å². The van der Waals surface area contributed by atoms with Crippen LogP contribution < -0.4 is 10.6 Å². The number of carbonyl (C=O) groups is 5. The fourth-order valence-corrected chi connectivity index (χ4v) is 2.82. The van der Waals surface area contributed by atoms with Crippen molar-refractivity contribution in [3.63, 3.8) is 0 Å². The lowest BCUT2D eigenvalue weighted by atomic mass is 9.91. The number of ether oxygens (including phenoxy) is 2. The molecule has 0 bridgehead atoms. The van der Waals surface area contributed by atoms with E-state index in [2.05, 4.69) is 10.6 Å². The Kier molecular flexibility index (Phi) is 8.74. The molecule has 2 rings (SSSR count). The van der Waals surface area contributed by atoms with Crippen molar-refractivity contribution < 1.29 is 33.4 Å². The molecule has 174 valence electrons. The topological polar surface area (TPSA) is 131 Å². The highest BCUT2D eigenvalue weighted by Gasteiger charge is 2.40. The molecule has 0 spiro atoms. The molecule has 10 heteroatoms. The molecule has 1 aromatic carbocycles. The second-order valence-corrected chi connectivity index (χ2v) is 7.96. The Morgan fingerprint density at radius 1 is 1.09 bits per heavy atom. The first-order valence-corrected chi connectivity index (χ1v) is 10.4. The average Bonchev–Trinajstić information content (AvgIpc) is 2.77. The standard InChI is InChI=1S/C22H29N3O7/c1-4-22(2,3)19(28)31-12-10-23-21(30)32-13-11-25-18(27)16(17(26)24-20(25)29)14-15-8-6-5-7-9-15/h5-9,16H,4,10-14H2,1-3H3,(H,23,30)(H,24,26,29). The van der Waals surface area contributed by atoms with Crippen LogP contribution in [0.4, 0.5) is 9.59 Å². The second kappa shape index (κ2) is 11.3. The van der Waals surface area contributed by atoms with Gasteiger partial charge in [-0.1, -0.05) is 37.3 Å². The molecule has 1 unspecified atom stereocenters. The van der Waals surface area contributed by atoms with Gasteiger partial charge in [0.2, 0.25) is 11.8 Å². The highest BCUT2D eigenvalue weighted by atomic mass is 16.6. The summed E-state index contributed by atoms with van der Waals surface area (Å²) in [5, 5.41) is 4.58. The highest BCUT2D eigenvalue weighted by molar-refractivity contribution is 6.16. The zero-order valence-corrected chi connectivity index (χ0v) is 18.5. The van der Waals surface area contributed by atoms with Gasteiger partial charge in [-0.25, -0.2) is 9.59 Å². The number of esters is 1. The number of hydrogen-bond acceptors (Lipinski definition) is 7. The van der Waals surface area contributed by atoms with Gasteiger partial charge >= 0.3 is 18.1 Å². The Bertz CT molecular complexity index is 854. The molecule has 0 aromatic heterocycles. The number of urea groups is 1. The molecular weight excluding hydrogens is 418 g/mol. The molecule has 1 saturated heterocycles. The van der Waals surface area contributed by atoms with Crippen LogP contribution in [-0.2, 0) is 30.3 Å². The lowest BCUT2D eigenvalue weighted by Crippen LogP contribution is -2.59. The smallest absolute Gasteiger partial charge is 0.407 e. The van der Waals surface area contributed by atoms with Crippen molar-refractivity contribution in [1.29, 1.82) is 0 Å². The maximum absolute atomic E-state index is 12.6. The zero-order valence-electron chi connectivity index (χ0n) is 18.5. The van der Waals surface area contributed by atoms with Crippen molar-refractivity contribution in [2.45, 2.75) is 33.6 Å². The molecule has 1 aliphatic rings. The summed E-state index contributed by atoms with van der Waals surface area (Å²) in [4.78, 5) is 61.3. The van der Waals surface area contributed by atoms with Crippen LogP contribution in [-0.4, -0.2) is 61.1 Å². The van der Waals surface area contributed by atoms with E-state index < -0.39 is 35.3 Å². The Labute approximate surface area is 186 Å². The molecule has 1 aromatic rings. The minimum Gasteiger partial charge on any atom is -0.463 e. The third-order valence-corrected chi connectivity index (χ3v) is 5.23. The minimum atomic E-state index is -1.04. The van der Waals surface area contributed by atoms with E-state index >= 15 is 0 Å². The van der Waals surface area contributed by atoms with E-state index in [1.165, 1.54) is 0 Å². The monoisotopic (exact) mass is 447 g/mol. The number of carbonyl (C=O) groups excluding carboxylic acids is 5. The first-order chi connectivity index (χ1) is 15.2. The zero-order chi connectivity index (χ0) is 23.7. The van der Waals surface area contributed by atoms with E-state index in [9.17, 15) is 24.0 Å². The van der Waals surface area contributed by atoms with Crippen molar-refractivity contribution in [2.75, 3.05) is 26.3 Å². The summed E-state index contributed by atoms with van der Waals surface area (Å²) in [7, 11) is 0. The molecule has 0 radical (unpaired) electrons. The Hall–Kier alpha value is -3.43. The molecule has 5 amide bonds. The summed E-state index contributed by atoms with van der Waals surface area (Å²) in [6.07, 6.45) is 0.00380. The van der Waals surface area contributed by atoms with E-state index in [0.29, 0.717) is 6.42 Å². The molecule has 0 aliphatic carbocycles. The highest BCUT2D eigenvalue weighted by Crippen LogP contribution is 2.21. The molecule has 1 fully saturated rings. The van der Waals surface area contributed by atoms with Crippen LogP contribution in [0.15, 0.2) is 30.3 Å². The van der Waals surface area contributed by atoms with Gasteiger partial charge in [0.25, 0.3) is 0 Å². The number of rotatable bonds is 10. The van der Waals surface area contributed by atoms with E-state index in [4.69, 9.17) is 9.47 Å². The summed E-state index contributed by atoms with van der Waals surface area (Å²) >= 11 is 0. The van der Waals surface area contributed by atoms with Gasteiger partial charge in [-0.15, -0.1) is 0 Å². The van der Waals surface area contributed by atoms with Crippen molar-refractivity contribution >= 4 is 29.9 Å². The summed E-state index contributed by atoms with van der Waals surface area (Å²) in [5.41, 5.74) is 0.191. The van der Waals surface area contributed by atoms with Gasteiger partial charge in [0, 0.05) is 0 Å². The minimum absolute atomic E-state index is 0.00629. The summed E-state index contributed by atoms with van der Waals surface area (Å²) in [5.74, 6) is -2.69. The summed E-state index contributed by atoms with van der Waals surface area (Å²) in [6, 6.07) is 8.13. The molecule has 2 N–H and O–H groups in total. The summed E-state index contributed by atoms with van der Waals surface area (Å²) < 4.78 is 10.1. The van der Waals surface area contributed by atoms with E-state index in [0.717, 1.165) is 10.5 Å². The van der Waals surface area contributed by atoms with Crippen LogP contribution in [0.2, 0.25) is 0 Å². The van der Waals surface area contributed by atoms with Crippen molar-refractivity contribution in [3.8, 4) is 0 Å². The first-order valence-electron chi connectivity index (χ1n) is 10.4. The Morgan fingerprint density at radius 3 is 2.44 bits per heavy atom. The number of amides is 5. The third-order valence-electron chi connectivity index (χ3n) is 5.23. The lowest BCUT2D eigenvalue weighted by Gasteiger charge is -2.30. The number of benzene rings is 1. The predicted molar refractivity (Wildman–Crippen MR) is 113 cm³/mol. The maximum Gasteiger partial charge on any atom is 0.407 e. The van der Waals surface area contributed by atoms with Gasteiger partial charge in [0.1, 0.15) is 19.1 Å². The first kappa shape index (κ1) is 24.8. The Morgan fingerprint density at radius 2 is 1.78 bits per heavy atom. The van der Waals surface area contributed by atoms with Crippen LogP contribution in [0.3, 0.4) is 0 Å². The largest absolute Gasteiger partial charge is 0.463 e. The molecule has 32 heavy (non-hydrogen) atoms. The fourth-order valence-electron chi connectivity index (χ4n) is 2.82.